The first-order valence-corrected chi connectivity index (χ1v) is 7.18. The molecule has 2 atom stereocenters. The van der Waals surface area contributed by atoms with Gasteiger partial charge in [-0.05, 0) is 50.2 Å². The third kappa shape index (κ3) is 11.4. The summed E-state index contributed by atoms with van der Waals surface area (Å²) in [5.41, 5.74) is 24.0. The number of nitrogen functional groups attached to an aromatic ring is 4. The van der Waals surface area contributed by atoms with Gasteiger partial charge in [-0.3, -0.25) is 0 Å². The summed E-state index contributed by atoms with van der Waals surface area (Å²) in [5.74, 6) is 0.887. The molecule has 10 N–H and O–H groups in total. The molecule has 27 heavy (non-hydrogen) atoms. The molecule has 0 aliphatic heterocycles. The van der Waals surface area contributed by atoms with Gasteiger partial charge < -0.3 is 42.6 Å². The van der Waals surface area contributed by atoms with E-state index in [-0.39, 0.29) is 37.2 Å². The number of benzene rings is 2. The van der Waals surface area contributed by atoms with Gasteiger partial charge in [-0.15, -0.1) is 37.2 Å². The third-order valence-electron chi connectivity index (χ3n) is 2.66. The first kappa shape index (κ1) is 29.8. The van der Waals surface area contributed by atoms with Crippen LogP contribution in [-0.2, 0) is 0 Å². The second-order valence-corrected chi connectivity index (χ2v) is 5.03. The van der Waals surface area contributed by atoms with E-state index in [0.29, 0.717) is 34.2 Å². The maximum absolute atomic E-state index is 8.89. The van der Waals surface area contributed by atoms with Gasteiger partial charge in [-0.2, -0.15) is 0 Å². The van der Waals surface area contributed by atoms with E-state index >= 15 is 0 Å². The minimum Gasteiger partial charge on any atom is -0.463 e. The summed E-state index contributed by atoms with van der Waals surface area (Å²) in [6.45, 7) is 3.02. The van der Waals surface area contributed by atoms with Gasteiger partial charge in [-0.25, -0.2) is 0 Å². The van der Waals surface area contributed by atoms with Crippen LogP contribution in [0.5, 0.6) is 11.5 Å². The Bertz CT molecular complexity index is 619. The lowest BCUT2D eigenvalue weighted by atomic mass is 10.2. The highest BCUT2D eigenvalue weighted by Crippen LogP contribution is 2.24. The zero-order valence-corrected chi connectivity index (χ0v) is 17.3. The number of hydrogen-bond donors (Lipinski definition) is 6. The number of aliphatic hydroxyl groups excluding tert-OH is 2. The van der Waals surface area contributed by atoms with Crippen molar-refractivity contribution >= 4 is 60.0 Å². The van der Waals surface area contributed by atoms with Crippen LogP contribution in [0.3, 0.4) is 0 Å². The van der Waals surface area contributed by atoms with E-state index in [1.165, 1.54) is 13.8 Å². The predicted molar refractivity (Wildman–Crippen MR) is 117 cm³/mol. The predicted octanol–water partition coefficient (Wildman–Crippen LogP) is 2.40. The molecule has 0 aliphatic rings. The minimum atomic E-state index is -0.865. The molecule has 2 aromatic rings. The summed E-state index contributed by atoms with van der Waals surface area (Å²) in [4.78, 5) is 0. The Kier molecular flexibility index (Phi) is 15.6. The van der Waals surface area contributed by atoms with E-state index in [2.05, 4.69) is 0 Å². The summed E-state index contributed by atoms with van der Waals surface area (Å²) in [6, 6.07) is 9.73. The van der Waals surface area contributed by atoms with Crippen LogP contribution in [0.1, 0.15) is 13.8 Å². The molecule has 0 fully saturated rings. The van der Waals surface area contributed by atoms with E-state index in [9.17, 15) is 0 Å². The van der Waals surface area contributed by atoms with Gasteiger partial charge in [0, 0.05) is 11.4 Å². The average Bonchev–Trinajstić information content (AvgIpc) is 2.45. The van der Waals surface area contributed by atoms with Crippen molar-refractivity contribution in [3.8, 4) is 11.5 Å². The number of nitrogens with two attached hydrogens (primary N) is 4. The highest BCUT2D eigenvalue weighted by molar-refractivity contribution is 5.86. The largest absolute Gasteiger partial charge is 0.463 e. The van der Waals surface area contributed by atoms with Crippen LogP contribution in [-0.4, -0.2) is 22.8 Å². The number of rotatable bonds is 4. The molecule has 0 saturated heterocycles. The molecule has 0 radical (unpaired) electrons. The molecule has 2 unspecified atom stereocenters. The first-order chi connectivity index (χ1) is 11.2. The summed E-state index contributed by atoms with van der Waals surface area (Å²) in [6.07, 6.45) is -1.73. The van der Waals surface area contributed by atoms with Gasteiger partial charge in [0.1, 0.15) is 11.5 Å². The van der Waals surface area contributed by atoms with Gasteiger partial charge in [-0.1, -0.05) is 0 Å². The molecule has 0 saturated carbocycles. The lowest BCUT2D eigenvalue weighted by Gasteiger charge is -2.10. The van der Waals surface area contributed by atoms with Crippen LogP contribution >= 0.6 is 37.2 Å². The molecule has 8 nitrogen and oxygen atoms in total. The summed E-state index contributed by atoms with van der Waals surface area (Å²) in [7, 11) is 0. The third-order valence-corrected chi connectivity index (χ3v) is 2.66. The molecular weight excluding hydrogens is 419 g/mol. The fourth-order valence-electron chi connectivity index (χ4n) is 1.72. The van der Waals surface area contributed by atoms with Crippen molar-refractivity contribution in [1.29, 1.82) is 0 Å². The van der Waals surface area contributed by atoms with Crippen LogP contribution in [0.25, 0.3) is 0 Å². The second-order valence-electron chi connectivity index (χ2n) is 5.03. The maximum atomic E-state index is 8.89. The Morgan fingerprint density at radius 3 is 1.19 bits per heavy atom. The van der Waals surface area contributed by atoms with Crippen molar-refractivity contribution in [2.24, 2.45) is 0 Å². The molecular formula is C16H27Cl3N4O4. The van der Waals surface area contributed by atoms with Crippen LogP contribution in [0.2, 0.25) is 0 Å². The Morgan fingerprint density at radius 2 is 0.963 bits per heavy atom. The van der Waals surface area contributed by atoms with Crippen LogP contribution in [0.4, 0.5) is 22.7 Å². The van der Waals surface area contributed by atoms with Crippen molar-refractivity contribution in [3.63, 3.8) is 0 Å². The molecule has 0 spiro atoms. The van der Waals surface area contributed by atoms with Gasteiger partial charge in [0.25, 0.3) is 0 Å². The van der Waals surface area contributed by atoms with Crippen LogP contribution in [0, 0.1) is 0 Å². The summed E-state index contributed by atoms with van der Waals surface area (Å²) < 4.78 is 9.95. The lowest BCUT2D eigenvalue weighted by Crippen LogP contribution is -2.10. The number of halogens is 3. The highest BCUT2D eigenvalue weighted by atomic mass is 35.5. The smallest absolute Gasteiger partial charge is 0.194 e. The molecule has 156 valence electrons. The number of hydrogen-bond acceptors (Lipinski definition) is 8. The van der Waals surface area contributed by atoms with E-state index in [4.69, 9.17) is 42.6 Å². The quantitative estimate of drug-likeness (QED) is 0.308. The number of ether oxygens (including phenoxy) is 2. The molecule has 11 heteroatoms. The highest BCUT2D eigenvalue weighted by Gasteiger charge is 2.03. The van der Waals surface area contributed by atoms with Crippen molar-refractivity contribution in [2.75, 3.05) is 22.9 Å². The number of aliphatic hydroxyl groups is 2. The Labute approximate surface area is 177 Å². The van der Waals surface area contributed by atoms with E-state index < -0.39 is 12.6 Å². The molecule has 2 rings (SSSR count). The molecule has 2 aromatic carbocycles. The van der Waals surface area contributed by atoms with Crippen molar-refractivity contribution in [2.45, 2.75) is 26.4 Å². The Balaban J connectivity index is -0.000000384. The van der Waals surface area contributed by atoms with E-state index in [0.717, 1.165) is 0 Å². The average molecular weight is 446 g/mol. The van der Waals surface area contributed by atoms with E-state index in [1.807, 2.05) is 0 Å². The topological polar surface area (TPSA) is 163 Å². The van der Waals surface area contributed by atoms with Crippen LogP contribution in [0.15, 0.2) is 36.4 Å². The standard InChI is InChI=1S/2C8H12N2O2.3ClH/c2*1-5(11)12-8-3-2-6(9)4-7(8)10;;;/h2*2-5,11H,9-10H2,1H3;3*1H. The fourth-order valence-corrected chi connectivity index (χ4v) is 1.72. The molecule has 0 aromatic heterocycles. The molecule has 0 bridgehead atoms. The maximum Gasteiger partial charge on any atom is 0.194 e. The van der Waals surface area contributed by atoms with Gasteiger partial charge >= 0.3 is 0 Å². The van der Waals surface area contributed by atoms with Crippen molar-refractivity contribution < 1.29 is 19.7 Å². The number of anilines is 4. The van der Waals surface area contributed by atoms with E-state index in [1.54, 1.807) is 36.4 Å². The minimum absolute atomic E-state index is 0. The molecule has 0 aliphatic carbocycles. The SMILES string of the molecule is CC(O)Oc1ccc(N)cc1N.CC(O)Oc1ccc(N)cc1N.Cl.Cl.Cl. The zero-order chi connectivity index (χ0) is 18.3. The molecule has 0 amide bonds. The van der Waals surface area contributed by atoms with Crippen molar-refractivity contribution in [1.82, 2.24) is 0 Å². The first-order valence-electron chi connectivity index (χ1n) is 7.18. The zero-order valence-electron chi connectivity index (χ0n) is 14.9. The lowest BCUT2D eigenvalue weighted by molar-refractivity contribution is -0.000280. The van der Waals surface area contributed by atoms with Crippen LogP contribution < -0.4 is 32.4 Å². The van der Waals surface area contributed by atoms with Gasteiger partial charge in [0.05, 0.1) is 11.4 Å². The normalized spacial score (nSPS) is 11.1. The Morgan fingerprint density at radius 1 is 0.667 bits per heavy atom. The second kappa shape index (κ2) is 14.1. The fraction of sp³-hybridized carbons (Fsp3) is 0.250. The van der Waals surface area contributed by atoms with Crippen molar-refractivity contribution in [3.05, 3.63) is 36.4 Å². The summed E-state index contributed by atoms with van der Waals surface area (Å²) in [5, 5.41) is 17.8. The van der Waals surface area contributed by atoms with Gasteiger partial charge in [0.15, 0.2) is 12.6 Å². The monoisotopic (exact) mass is 444 g/mol. The van der Waals surface area contributed by atoms with Gasteiger partial charge in [0.2, 0.25) is 0 Å². The summed E-state index contributed by atoms with van der Waals surface area (Å²) >= 11 is 0. The Hall–Kier alpha value is -1.97. The molecule has 0 heterocycles.